The largest absolute Gasteiger partial charge is 0.462 e. The average Bonchev–Trinajstić information content (AvgIpc) is 3.07. The predicted octanol–water partition coefficient (Wildman–Crippen LogP) is 2.07. The lowest BCUT2D eigenvalue weighted by molar-refractivity contribution is -0.138. The number of esters is 2. The number of hydrogen-bond donors (Lipinski definition) is 1. The van der Waals surface area contributed by atoms with E-state index in [9.17, 15) is 9.59 Å². The summed E-state index contributed by atoms with van der Waals surface area (Å²) < 4.78 is 16.2. The molecule has 0 aromatic rings. The number of hydrogen-bond acceptors (Lipinski definition) is 8. The number of ether oxygens (including phenoxy) is 3. The van der Waals surface area contributed by atoms with E-state index in [2.05, 4.69) is 9.98 Å². The minimum absolute atomic E-state index is 0.141. The molecule has 2 aliphatic heterocycles. The zero-order chi connectivity index (χ0) is 21.9. The lowest BCUT2D eigenvalue weighted by Gasteiger charge is -2.18. The summed E-state index contributed by atoms with van der Waals surface area (Å²) in [5.74, 6) is -1.10. The number of nitrogens with two attached hydrogens (primary N) is 1. The highest BCUT2D eigenvalue weighted by atomic mass is 16.5. The fourth-order valence-electron chi connectivity index (χ4n) is 3.08. The monoisotopic (exact) mass is 415 g/mol. The molecule has 2 rings (SSSR count). The van der Waals surface area contributed by atoms with Gasteiger partial charge in [0.25, 0.3) is 0 Å². The molecule has 0 bridgehead atoms. The Labute approximate surface area is 176 Å². The number of aliphatic imine (C=N–C) groups is 2. The Morgan fingerprint density at radius 1 is 1.13 bits per heavy atom. The third-order valence-electron chi connectivity index (χ3n) is 4.37. The van der Waals surface area contributed by atoms with Gasteiger partial charge in [0.15, 0.2) is 0 Å². The molecule has 0 unspecified atom stereocenters. The Bertz CT molecular complexity index is 847. The minimum atomic E-state index is -0.554. The van der Waals surface area contributed by atoms with Crippen LogP contribution in [0.3, 0.4) is 0 Å². The first kappa shape index (κ1) is 23.4. The van der Waals surface area contributed by atoms with E-state index in [1.807, 2.05) is 12.2 Å². The van der Waals surface area contributed by atoms with Crippen LogP contribution < -0.4 is 5.73 Å². The molecular weight excluding hydrogens is 386 g/mol. The van der Waals surface area contributed by atoms with Gasteiger partial charge < -0.3 is 19.9 Å². The molecule has 0 aliphatic carbocycles. The van der Waals surface area contributed by atoms with Crippen LogP contribution in [0.2, 0.25) is 0 Å². The van der Waals surface area contributed by atoms with Gasteiger partial charge in [-0.1, -0.05) is 12.2 Å². The molecule has 8 heteroatoms. The van der Waals surface area contributed by atoms with Crippen molar-refractivity contribution in [2.24, 2.45) is 15.7 Å². The summed E-state index contributed by atoms with van der Waals surface area (Å²) in [6.45, 7) is 6.58. The Morgan fingerprint density at radius 3 is 2.50 bits per heavy atom. The van der Waals surface area contributed by atoms with Crippen LogP contribution in [0.5, 0.6) is 0 Å². The lowest BCUT2D eigenvalue weighted by Crippen LogP contribution is -2.21. The third-order valence-corrected chi connectivity index (χ3v) is 4.37. The molecule has 0 saturated heterocycles. The summed E-state index contributed by atoms with van der Waals surface area (Å²) in [6, 6.07) is 0. The summed E-state index contributed by atoms with van der Waals surface area (Å²) in [5.41, 5.74) is 8.09. The number of rotatable bonds is 9. The second-order valence-electron chi connectivity index (χ2n) is 6.47. The zero-order valence-corrected chi connectivity index (χ0v) is 17.8. The molecule has 0 aromatic carbocycles. The van der Waals surface area contributed by atoms with Crippen LogP contribution in [0, 0.1) is 0 Å². The van der Waals surface area contributed by atoms with E-state index in [0.717, 1.165) is 0 Å². The van der Waals surface area contributed by atoms with Crippen molar-refractivity contribution in [2.45, 2.75) is 27.2 Å². The predicted molar refractivity (Wildman–Crippen MR) is 115 cm³/mol. The highest BCUT2D eigenvalue weighted by Gasteiger charge is 2.32. The summed E-state index contributed by atoms with van der Waals surface area (Å²) in [5, 5.41) is 0. The minimum Gasteiger partial charge on any atom is -0.462 e. The van der Waals surface area contributed by atoms with Crippen molar-refractivity contribution < 1.29 is 23.8 Å². The van der Waals surface area contributed by atoms with Crippen LogP contribution in [-0.4, -0.2) is 63.4 Å². The summed E-state index contributed by atoms with van der Waals surface area (Å²) >= 11 is 0. The van der Waals surface area contributed by atoms with Crippen molar-refractivity contribution in [3.8, 4) is 0 Å². The van der Waals surface area contributed by atoms with E-state index in [1.54, 1.807) is 33.2 Å². The number of nitrogens with zero attached hydrogens (tertiary/aromatic N) is 2. The maximum atomic E-state index is 13.1. The quantitative estimate of drug-likeness (QED) is 0.456. The first-order chi connectivity index (χ1) is 14.5. The van der Waals surface area contributed by atoms with Gasteiger partial charge in [-0.15, -0.1) is 0 Å². The second-order valence-corrected chi connectivity index (χ2v) is 6.47. The van der Waals surface area contributed by atoms with Crippen molar-refractivity contribution in [3.05, 3.63) is 46.2 Å². The average molecular weight is 415 g/mol. The van der Waals surface area contributed by atoms with Gasteiger partial charge in [-0.05, 0) is 26.3 Å². The van der Waals surface area contributed by atoms with Gasteiger partial charge in [-0.2, -0.15) is 0 Å². The molecule has 2 N–H and O–H groups in total. The van der Waals surface area contributed by atoms with Gasteiger partial charge in [0.2, 0.25) is 0 Å². The van der Waals surface area contributed by atoms with Crippen LogP contribution in [0.25, 0.3) is 0 Å². The van der Waals surface area contributed by atoms with Crippen LogP contribution >= 0.6 is 0 Å². The number of carbonyl (C=O) groups excluding carboxylic acids is 2. The van der Waals surface area contributed by atoms with Crippen molar-refractivity contribution >= 4 is 23.9 Å². The van der Waals surface area contributed by atoms with Gasteiger partial charge >= 0.3 is 11.9 Å². The molecule has 0 fully saturated rings. The summed E-state index contributed by atoms with van der Waals surface area (Å²) in [6.07, 6.45) is 7.74. The normalized spacial score (nSPS) is 16.7. The van der Waals surface area contributed by atoms with E-state index in [1.165, 1.54) is 0 Å². The molecule has 0 aromatic heterocycles. The van der Waals surface area contributed by atoms with Crippen LogP contribution in [-0.2, 0) is 23.8 Å². The standard InChI is InChI=1S/C22H29N3O5/c1-4-29-21(26)18-15(3)25-13-17(14-28-11-9-23)20(22(27)30-5-2)19(18)16-8-6-7-10-24-12-16/h6,8,10,12H,4-5,7,9,11,13-14,23H2,1-3H3. The van der Waals surface area contributed by atoms with E-state index >= 15 is 0 Å². The SMILES string of the molecule is CCOC(=O)C1=C(COCCN)CN=C(C)C(C(=O)OCC)=C1C1=CN=CCC=C1. The third kappa shape index (κ3) is 5.84. The molecule has 162 valence electrons. The van der Waals surface area contributed by atoms with Crippen LogP contribution in [0.1, 0.15) is 27.2 Å². The van der Waals surface area contributed by atoms with Crippen molar-refractivity contribution in [3.63, 3.8) is 0 Å². The Hall–Kier alpha value is -2.84. The Morgan fingerprint density at radius 2 is 1.83 bits per heavy atom. The smallest absolute Gasteiger partial charge is 0.340 e. The molecule has 30 heavy (non-hydrogen) atoms. The van der Waals surface area contributed by atoms with Crippen LogP contribution in [0.4, 0.5) is 0 Å². The molecule has 0 atom stereocenters. The molecule has 0 saturated carbocycles. The second kappa shape index (κ2) is 12.0. The lowest BCUT2D eigenvalue weighted by atomic mass is 9.88. The molecule has 0 radical (unpaired) electrons. The van der Waals surface area contributed by atoms with E-state index in [4.69, 9.17) is 19.9 Å². The highest BCUT2D eigenvalue weighted by Crippen LogP contribution is 2.33. The fraction of sp³-hybridized carbons (Fsp3) is 0.455. The Kier molecular flexibility index (Phi) is 9.37. The van der Waals surface area contributed by atoms with Gasteiger partial charge in [-0.3, -0.25) is 9.98 Å². The zero-order valence-electron chi connectivity index (χ0n) is 17.8. The van der Waals surface area contributed by atoms with Gasteiger partial charge in [0.1, 0.15) is 0 Å². The molecular formula is C22H29N3O5. The first-order valence-corrected chi connectivity index (χ1v) is 10.0. The van der Waals surface area contributed by atoms with Crippen molar-refractivity contribution in [1.82, 2.24) is 0 Å². The topological polar surface area (TPSA) is 113 Å². The van der Waals surface area contributed by atoms with Gasteiger partial charge in [-0.25, -0.2) is 9.59 Å². The molecule has 0 amide bonds. The first-order valence-electron chi connectivity index (χ1n) is 10.0. The van der Waals surface area contributed by atoms with E-state index in [-0.39, 0.29) is 37.5 Å². The summed E-state index contributed by atoms with van der Waals surface area (Å²) in [7, 11) is 0. The molecule has 0 spiro atoms. The fourth-order valence-corrected chi connectivity index (χ4v) is 3.08. The Balaban J connectivity index is 2.79. The molecule has 8 nitrogen and oxygen atoms in total. The van der Waals surface area contributed by atoms with Crippen molar-refractivity contribution in [1.29, 1.82) is 0 Å². The maximum absolute atomic E-state index is 13.1. The number of allylic oxidation sites excluding steroid dienone is 3. The maximum Gasteiger partial charge on any atom is 0.340 e. The van der Waals surface area contributed by atoms with Crippen LogP contribution in [0.15, 0.2) is 56.2 Å². The summed E-state index contributed by atoms with van der Waals surface area (Å²) in [4.78, 5) is 34.8. The van der Waals surface area contributed by atoms with E-state index < -0.39 is 11.9 Å². The molecule has 2 heterocycles. The molecule has 2 aliphatic rings. The van der Waals surface area contributed by atoms with E-state index in [0.29, 0.717) is 42.0 Å². The van der Waals surface area contributed by atoms with Gasteiger partial charge in [0, 0.05) is 42.2 Å². The number of carbonyl (C=O) groups is 2. The highest BCUT2D eigenvalue weighted by molar-refractivity contribution is 6.22. The van der Waals surface area contributed by atoms with Crippen molar-refractivity contribution in [2.75, 3.05) is 39.5 Å². The van der Waals surface area contributed by atoms with Gasteiger partial charge in [0.05, 0.1) is 44.1 Å².